The van der Waals surface area contributed by atoms with Gasteiger partial charge >= 0.3 is 0 Å². The van der Waals surface area contributed by atoms with Gasteiger partial charge in [0.05, 0.1) is 19.8 Å². The Morgan fingerprint density at radius 2 is 2.22 bits per heavy atom. The topological polar surface area (TPSA) is 36.9 Å². The van der Waals surface area contributed by atoms with E-state index in [0.717, 1.165) is 38.6 Å². The predicted octanol–water partition coefficient (Wildman–Crippen LogP) is 3.29. The van der Waals surface area contributed by atoms with E-state index in [1.807, 2.05) is 12.1 Å². The fourth-order valence-electron chi connectivity index (χ4n) is 2.66. The summed E-state index contributed by atoms with van der Waals surface area (Å²) in [6.45, 7) is 10.9. The number of likely N-dealkylation sites (tertiary alicyclic amines) is 1. The van der Waals surface area contributed by atoms with Crippen molar-refractivity contribution >= 4 is 29.9 Å². The molecule has 0 aromatic heterocycles. The summed E-state index contributed by atoms with van der Waals surface area (Å²) < 4.78 is 5.87. The van der Waals surface area contributed by atoms with Crippen LogP contribution in [0.3, 0.4) is 0 Å². The summed E-state index contributed by atoms with van der Waals surface area (Å²) in [5.74, 6) is 1.57. The first-order valence-electron chi connectivity index (χ1n) is 8.09. The van der Waals surface area contributed by atoms with Crippen molar-refractivity contribution in [1.82, 2.24) is 10.2 Å². The van der Waals surface area contributed by atoms with Crippen LogP contribution in [0.4, 0.5) is 0 Å². The highest BCUT2D eigenvalue weighted by atomic mass is 127. The zero-order chi connectivity index (χ0) is 15.6. The summed E-state index contributed by atoms with van der Waals surface area (Å²) in [6, 6.07) is 10.3. The smallest absolute Gasteiger partial charge is 0.194 e. The van der Waals surface area contributed by atoms with E-state index in [1.54, 1.807) is 0 Å². The van der Waals surface area contributed by atoms with E-state index >= 15 is 0 Å². The number of guanidine groups is 1. The van der Waals surface area contributed by atoms with Gasteiger partial charge in [0.25, 0.3) is 0 Å². The van der Waals surface area contributed by atoms with Crippen LogP contribution < -0.4 is 5.32 Å². The lowest BCUT2D eigenvalue weighted by Gasteiger charge is -2.21. The number of nitrogens with one attached hydrogen (secondary N) is 1. The summed E-state index contributed by atoms with van der Waals surface area (Å²) in [5.41, 5.74) is 1.23. The van der Waals surface area contributed by atoms with E-state index in [-0.39, 0.29) is 24.0 Å². The normalized spacial score (nSPS) is 17.7. The lowest BCUT2D eigenvalue weighted by Crippen LogP contribution is -2.40. The van der Waals surface area contributed by atoms with Crippen molar-refractivity contribution in [2.24, 2.45) is 10.9 Å². The van der Waals surface area contributed by atoms with Crippen molar-refractivity contribution in [2.75, 3.05) is 32.8 Å². The number of hydrogen-bond donors (Lipinski definition) is 1. The molecule has 2 rings (SSSR count). The molecule has 1 aromatic carbocycles. The molecular weight excluding hydrogens is 401 g/mol. The van der Waals surface area contributed by atoms with Gasteiger partial charge in [-0.25, -0.2) is 4.99 Å². The van der Waals surface area contributed by atoms with E-state index in [4.69, 9.17) is 4.74 Å². The van der Waals surface area contributed by atoms with Crippen molar-refractivity contribution in [3.05, 3.63) is 48.6 Å². The molecule has 1 N–H and O–H groups in total. The SMILES string of the molecule is C=CCN=C(NCC)N1CCC(COCc2ccccc2)C1.I. The van der Waals surface area contributed by atoms with Crippen molar-refractivity contribution in [1.29, 1.82) is 0 Å². The van der Waals surface area contributed by atoms with Gasteiger partial charge in [-0.3, -0.25) is 0 Å². The Morgan fingerprint density at radius 3 is 2.91 bits per heavy atom. The highest BCUT2D eigenvalue weighted by Crippen LogP contribution is 2.17. The molecule has 128 valence electrons. The van der Waals surface area contributed by atoms with Gasteiger partial charge in [-0.15, -0.1) is 30.6 Å². The Kier molecular flexibility index (Phi) is 9.94. The standard InChI is InChI=1S/C18H27N3O.HI/c1-3-11-20-18(19-4-2)21-12-10-17(13-21)15-22-14-16-8-6-5-7-9-16;/h3,5-9,17H,1,4,10-15H2,2H3,(H,19,20);1H. The number of halogens is 1. The summed E-state index contributed by atoms with van der Waals surface area (Å²) >= 11 is 0. The third-order valence-corrected chi connectivity index (χ3v) is 3.76. The van der Waals surface area contributed by atoms with Crippen LogP contribution in [0.1, 0.15) is 18.9 Å². The Labute approximate surface area is 157 Å². The Balaban J connectivity index is 0.00000264. The fraction of sp³-hybridized carbons (Fsp3) is 0.500. The average molecular weight is 429 g/mol. The first-order chi connectivity index (χ1) is 10.8. The molecule has 1 aliphatic rings. The maximum atomic E-state index is 5.87. The number of hydrogen-bond acceptors (Lipinski definition) is 2. The molecule has 1 heterocycles. The second-order valence-electron chi connectivity index (χ2n) is 5.58. The van der Waals surface area contributed by atoms with Crippen molar-refractivity contribution < 1.29 is 4.74 Å². The van der Waals surface area contributed by atoms with E-state index in [0.29, 0.717) is 19.1 Å². The molecule has 0 amide bonds. The molecule has 1 aromatic rings. The van der Waals surface area contributed by atoms with Crippen molar-refractivity contribution in [2.45, 2.75) is 20.0 Å². The van der Waals surface area contributed by atoms with E-state index in [1.165, 1.54) is 5.56 Å². The quantitative estimate of drug-likeness (QED) is 0.313. The molecule has 0 spiro atoms. The third kappa shape index (κ3) is 6.91. The maximum Gasteiger partial charge on any atom is 0.194 e. The van der Waals surface area contributed by atoms with Crippen LogP contribution in [-0.2, 0) is 11.3 Å². The van der Waals surface area contributed by atoms with Crippen LogP contribution >= 0.6 is 24.0 Å². The molecule has 0 saturated carbocycles. The molecule has 0 aliphatic carbocycles. The highest BCUT2D eigenvalue weighted by molar-refractivity contribution is 14.0. The lowest BCUT2D eigenvalue weighted by atomic mass is 10.1. The molecule has 1 aliphatic heterocycles. The maximum absolute atomic E-state index is 5.87. The van der Waals surface area contributed by atoms with Crippen molar-refractivity contribution in [3.8, 4) is 0 Å². The molecule has 1 atom stereocenters. The van der Waals surface area contributed by atoms with E-state index < -0.39 is 0 Å². The van der Waals surface area contributed by atoms with Crippen LogP contribution in [0.5, 0.6) is 0 Å². The zero-order valence-corrected chi connectivity index (χ0v) is 16.2. The van der Waals surface area contributed by atoms with Gasteiger partial charge in [0.1, 0.15) is 0 Å². The molecule has 1 saturated heterocycles. The first kappa shape index (κ1) is 20.0. The van der Waals surface area contributed by atoms with Crippen LogP contribution in [0.25, 0.3) is 0 Å². The molecule has 4 nitrogen and oxygen atoms in total. The summed E-state index contributed by atoms with van der Waals surface area (Å²) in [7, 11) is 0. The van der Waals surface area contributed by atoms with Crippen LogP contribution in [0.15, 0.2) is 48.0 Å². The predicted molar refractivity (Wildman–Crippen MR) is 107 cm³/mol. The van der Waals surface area contributed by atoms with Crippen LogP contribution in [0, 0.1) is 5.92 Å². The number of rotatable bonds is 7. The Bertz CT molecular complexity index is 478. The van der Waals surface area contributed by atoms with Crippen LogP contribution in [-0.4, -0.2) is 43.6 Å². The molecule has 0 bridgehead atoms. The minimum absolute atomic E-state index is 0. The number of ether oxygens (including phenoxy) is 1. The van der Waals surface area contributed by atoms with E-state index in [2.05, 4.69) is 53.0 Å². The minimum atomic E-state index is 0. The van der Waals surface area contributed by atoms with E-state index in [9.17, 15) is 0 Å². The summed E-state index contributed by atoms with van der Waals surface area (Å²) in [4.78, 5) is 6.87. The largest absolute Gasteiger partial charge is 0.376 e. The Hall–Kier alpha value is -1.08. The van der Waals surface area contributed by atoms with Gasteiger partial charge in [0, 0.05) is 25.6 Å². The molecular formula is C18H28IN3O. The molecule has 5 heteroatoms. The summed E-state index contributed by atoms with van der Waals surface area (Å²) in [6.07, 6.45) is 2.99. The molecule has 23 heavy (non-hydrogen) atoms. The highest BCUT2D eigenvalue weighted by Gasteiger charge is 2.24. The molecule has 1 fully saturated rings. The summed E-state index contributed by atoms with van der Waals surface area (Å²) in [5, 5.41) is 3.35. The average Bonchev–Trinajstić information content (AvgIpc) is 3.01. The molecule has 0 radical (unpaired) electrons. The van der Waals surface area contributed by atoms with Gasteiger partial charge < -0.3 is 15.0 Å². The molecule has 1 unspecified atom stereocenters. The van der Waals surface area contributed by atoms with Crippen molar-refractivity contribution in [3.63, 3.8) is 0 Å². The zero-order valence-electron chi connectivity index (χ0n) is 13.9. The van der Waals surface area contributed by atoms with Gasteiger partial charge in [0.15, 0.2) is 5.96 Å². The Morgan fingerprint density at radius 1 is 1.43 bits per heavy atom. The van der Waals surface area contributed by atoms with Gasteiger partial charge in [-0.05, 0) is 18.9 Å². The van der Waals surface area contributed by atoms with Gasteiger partial charge in [-0.2, -0.15) is 0 Å². The first-order valence-corrected chi connectivity index (χ1v) is 8.09. The fourth-order valence-corrected chi connectivity index (χ4v) is 2.66. The second-order valence-corrected chi connectivity index (χ2v) is 5.58. The number of aliphatic imine (C=N–C) groups is 1. The van der Waals surface area contributed by atoms with Gasteiger partial charge in [-0.1, -0.05) is 36.4 Å². The second kappa shape index (κ2) is 11.5. The third-order valence-electron chi connectivity index (χ3n) is 3.76. The number of benzene rings is 1. The lowest BCUT2D eigenvalue weighted by molar-refractivity contribution is 0.0907. The minimum Gasteiger partial charge on any atom is -0.376 e. The van der Waals surface area contributed by atoms with Gasteiger partial charge in [0.2, 0.25) is 0 Å². The monoisotopic (exact) mass is 429 g/mol. The van der Waals surface area contributed by atoms with Crippen LogP contribution in [0.2, 0.25) is 0 Å². The number of nitrogens with zero attached hydrogens (tertiary/aromatic N) is 2.